The molecule has 2 aromatic heterocycles. The molecule has 35 heavy (non-hydrogen) atoms. The minimum absolute atomic E-state index is 0.0566. The lowest BCUT2D eigenvalue weighted by molar-refractivity contribution is -0.0498. The minimum Gasteiger partial charge on any atom is -0.471 e. The van der Waals surface area contributed by atoms with Gasteiger partial charge < -0.3 is 29.7 Å². The summed E-state index contributed by atoms with van der Waals surface area (Å²) in [5.74, 6) is 0.731. The van der Waals surface area contributed by atoms with Crippen molar-refractivity contribution in [2.24, 2.45) is 0 Å². The van der Waals surface area contributed by atoms with Crippen LogP contribution in [-0.2, 0) is 11.3 Å². The second-order valence-corrected chi connectivity index (χ2v) is 8.81. The summed E-state index contributed by atoms with van der Waals surface area (Å²) in [5, 5.41) is 24.4. The zero-order valence-electron chi connectivity index (χ0n) is 19.1. The Morgan fingerprint density at radius 3 is 2.54 bits per heavy atom. The third-order valence-corrected chi connectivity index (χ3v) is 6.39. The van der Waals surface area contributed by atoms with Crippen molar-refractivity contribution in [2.75, 3.05) is 5.32 Å². The van der Waals surface area contributed by atoms with Gasteiger partial charge in [0.15, 0.2) is 17.4 Å². The van der Waals surface area contributed by atoms with Crippen molar-refractivity contribution >= 4 is 17.1 Å². The highest BCUT2D eigenvalue weighted by Gasteiger charge is 2.43. The molecule has 3 N–H and O–H groups in total. The number of aromatic nitrogens is 4. The lowest BCUT2D eigenvalue weighted by Gasteiger charge is -2.21. The number of hydrogen-bond acceptors (Lipinski definition) is 9. The van der Waals surface area contributed by atoms with E-state index in [4.69, 9.17) is 14.5 Å². The molecule has 3 heterocycles. The largest absolute Gasteiger partial charge is 0.471 e. The summed E-state index contributed by atoms with van der Waals surface area (Å²) < 4.78 is 42.5. The molecule has 1 aromatic carbocycles. The van der Waals surface area contributed by atoms with Crippen molar-refractivity contribution in [1.82, 2.24) is 19.5 Å². The van der Waals surface area contributed by atoms with E-state index >= 15 is 0 Å². The number of nitrogens with one attached hydrogen (secondary N) is 1. The van der Waals surface area contributed by atoms with E-state index in [1.165, 1.54) is 18.5 Å². The van der Waals surface area contributed by atoms with Gasteiger partial charge in [-0.15, -0.1) is 0 Å². The summed E-state index contributed by atoms with van der Waals surface area (Å²) in [6.07, 6.45) is 1.88. The Balaban J connectivity index is 1.44. The van der Waals surface area contributed by atoms with Crippen molar-refractivity contribution in [1.29, 1.82) is 0 Å². The molecule has 3 aromatic rings. The Hall–Kier alpha value is -3.09. The number of halogens is 2. The molecule has 2 fully saturated rings. The molecule has 10 nitrogen and oxygen atoms in total. The summed E-state index contributed by atoms with van der Waals surface area (Å²) in [5.41, 5.74) is 1.48. The van der Waals surface area contributed by atoms with Crippen LogP contribution >= 0.6 is 0 Å². The first-order chi connectivity index (χ1) is 16.9. The zero-order valence-corrected chi connectivity index (χ0v) is 19.1. The van der Waals surface area contributed by atoms with E-state index < -0.39 is 31.2 Å². The van der Waals surface area contributed by atoms with Gasteiger partial charge in [0, 0.05) is 6.04 Å². The lowest BCUT2D eigenvalue weighted by atomic mass is 10.1. The summed E-state index contributed by atoms with van der Waals surface area (Å²) in [6.45, 7) is -1.09. The Kier molecular flexibility index (Phi) is 6.67. The van der Waals surface area contributed by atoms with Crippen LogP contribution < -0.4 is 14.8 Å². The van der Waals surface area contributed by atoms with Crippen LogP contribution in [-0.4, -0.2) is 60.7 Å². The number of aliphatic hydroxyl groups excluding tert-OH is 2. The fraction of sp³-hybridized carbons (Fsp3) is 0.522. The summed E-state index contributed by atoms with van der Waals surface area (Å²) >= 11 is 0. The quantitative estimate of drug-likeness (QED) is 0.436. The number of benzene rings is 1. The predicted molar refractivity (Wildman–Crippen MR) is 120 cm³/mol. The van der Waals surface area contributed by atoms with Gasteiger partial charge in [-0.2, -0.15) is 13.8 Å². The SMILES string of the molecule is C[C@H]1O[C@@H](n2c(NC3CCCC3)nc3c(OCc4ccc(OC(F)F)cc4)ncnc32)[C@H](O)[C@@H]1O. The average molecular weight is 491 g/mol. The van der Waals surface area contributed by atoms with Gasteiger partial charge >= 0.3 is 6.61 Å². The molecule has 12 heteroatoms. The van der Waals surface area contributed by atoms with E-state index in [1.807, 2.05) is 0 Å². The third-order valence-electron chi connectivity index (χ3n) is 6.39. The highest BCUT2D eigenvalue weighted by molar-refractivity contribution is 5.79. The van der Waals surface area contributed by atoms with E-state index in [2.05, 4.69) is 20.0 Å². The summed E-state index contributed by atoms with van der Waals surface area (Å²) in [6, 6.07) is 6.33. The maximum atomic E-state index is 12.4. The average Bonchev–Trinajstić information content (AvgIpc) is 3.54. The summed E-state index contributed by atoms with van der Waals surface area (Å²) in [7, 11) is 0. The van der Waals surface area contributed by atoms with Crippen LogP contribution in [0.3, 0.4) is 0 Å². The first-order valence-corrected chi connectivity index (χ1v) is 11.6. The maximum absolute atomic E-state index is 12.4. The molecule has 0 unspecified atom stereocenters. The zero-order chi connectivity index (χ0) is 24.5. The number of imidazole rings is 1. The van der Waals surface area contributed by atoms with E-state index in [0.29, 0.717) is 22.7 Å². The standard InChI is InChI=1S/C23H27F2N5O5/c1-12-17(31)18(32)21(34-12)30-19-16(29-23(30)28-14-4-2-3-5-14)20(27-11-26-19)33-10-13-6-8-15(9-7-13)35-22(24)25/h6-9,11-12,14,17-18,21-22,31-32H,2-5,10H2,1H3,(H,28,29)/t12-,17-,18-,21-/m1/s1. The fourth-order valence-electron chi connectivity index (χ4n) is 4.55. The van der Waals surface area contributed by atoms with Crippen LogP contribution in [0.5, 0.6) is 11.6 Å². The Morgan fingerprint density at radius 1 is 1.14 bits per heavy atom. The molecule has 0 amide bonds. The lowest BCUT2D eigenvalue weighted by Crippen LogP contribution is -2.31. The molecule has 1 aliphatic carbocycles. The number of ether oxygens (including phenoxy) is 3. The van der Waals surface area contributed by atoms with Gasteiger partial charge in [-0.3, -0.25) is 4.57 Å². The first-order valence-electron chi connectivity index (χ1n) is 11.6. The number of nitrogens with zero attached hydrogens (tertiary/aromatic N) is 4. The Morgan fingerprint density at radius 2 is 1.89 bits per heavy atom. The Labute approximate surface area is 199 Å². The monoisotopic (exact) mass is 491 g/mol. The van der Waals surface area contributed by atoms with Gasteiger partial charge in [0.2, 0.25) is 11.8 Å². The van der Waals surface area contributed by atoms with Gasteiger partial charge in [0.25, 0.3) is 0 Å². The molecular formula is C23H27F2N5O5. The second-order valence-electron chi connectivity index (χ2n) is 8.81. The highest BCUT2D eigenvalue weighted by Crippen LogP contribution is 2.37. The van der Waals surface area contributed by atoms with Gasteiger partial charge in [-0.1, -0.05) is 25.0 Å². The molecule has 0 radical (unpaired) electrons. The molecule has 2 aliphatic rings. The molecule has 1 saturated heterocycles. The van der Waals surface area contributed by atoms with Gasteiger partial charge in [0.05, 0.1) is 6.10 Å². The first kappa shape index (κ1) is 23.6. The van der Waals surface area contributed by atoms with Crippen molar-refractivity contribution in [3.8, 4) is 11.6 Å². The smallest absolute Gasteiger partial charge is 0.387 e. The van der Waals surface area contributed by atoms with Crippen LogP contribution in [0.2, 0.25) is 0 Å². The third kappa shape index (κ3) is 4.86. The number of aliphatic hydroxyl groups is 2. The molecule has 0 spiro atoms. The van der Waals surface area contributed by atoms with Crippen molar-refractivity contribution in [2.45, 2.75) is 76.4 Å². The molecule has 1 saturated carbocycles. The molecule has 1 aliphatic heterocycles. The van der Waals surface area contributed by atoms with Crippen LogP contribution in [0.1, 0.15) is 44.4 Å². The van der Waals surface area contributed by atoms with Crippen LogP contribution in [0.15, 0.2) is 30.6 Å². The van der Waals surface area contributed by atoms with Crippen molar-refractivity contribution in [3.63, 3.8) is 0 Å². The van der Waals surface area contributed by atoms with Gasteiger partial charge in [-0.05, 0) is 37.5 Å². The number of anilines is 1. The topological polar surface area (TPSA) is 124 Å². The van der Waals surface area contributed by atoms with Gasteiger partial charge in [-0.25, -0.2) is 9.97 Å². The Bertz CT molecular complexity index is 1160. The van der Waals surface area contributed by atoms with Crippen LogP contribution in [0, 0.1) is 0 Å². The molecule has 4 atom stereocenters. The predicted octanol–water partition coefficient (Wildman–Crippen LogP) is 3.00. The fourth-order valence-corrected chi connectivity index (χ4v) is 4.55. The number of rotatable bonds is 8. The van der Waals surface area contributed by atoms with E-state index in [0.717, 1.165) is 25.7 Å². The minimum atomic E-state index is -2.89. The molecular weight excluding hydrogens is 464 g/mol. The molecule has 0 bridgehead atoms. The highest BCUT2D eigenvalue weighted by atomic mass is 19.3. The second kappa shape index (κ2) is 9.88. The van der Waals surface area contributed by atoms with E-state index in [9.17, 15) is 19.0 Å². The van der Waals surface area contributed by atoms with Gasteiger partial charge in [0.1, 0.15) is 30.9 Å². The normalized spacial score (nSPS) is 25.0. The van der Waals surface area contributed by atoms with Crippen molar-refractivity contribution in [3.05, 3.63) is 36.2 Å². The van der Waals surface area contributed by atoms with E-state index in [-0.39, 0.29) is 24.3 Å². The van der Waals surface area contributed by atoms with E-state index in [1.54, 1.807) is 23.6 Å². The van der Waals surface area contributed by atoms with Crippen LogP contribution in [0.4, 0.5) is 14.7 Å². The van der Waals surface area contributed by atoms with Crippen LogP contribution in [0.25, 0.3) is 11.2 Å². The maximum Gasteiger partial charge on any atom is 0.387 e. The summed E-state index contributed by atoms with van der Waals surface area (Å²) in [4.78, 5) is 13.3. The molecule has 188 valence electrons. The molecule has 5 rings (SSSR count). The number of alkyl halides is 2. The number of fused-ring (bicyclic) bond motifs is 1. The van der Waals surface area contributed by atoms with Crippen molar-refractivity contribution < 1.29 is 33.2 Å². The number of hydrogen-bond donors (Lipinski definition) is 3.